The highest BCUT2D eigenvalue weighted by molar-refractivity contribution is 7.22. The molecule has 0 spiro atoms. The van der Waals surface area contributed by atoms with Crippen molar-refractivity contribution in [3.8, 4) is 5.75 Å². The number of fused-ring (bicyclic) bond motifs is 2. The molecule has 33 heavy (non-hydrogen) atoms. The van der Waals surface area contributed by atoms with Crippen molar-refractivity contribution in [2.24, 2.45) is 0 Å². The van der Waals surface area contributed by atoms with Crippen molar-refractivity contribution in [1.29, 1.82) is 0 Å². The zero-order valence-electron chi connectivity index (χ0n) is 18.9. The predicted molar refractivity (Wildman–Crippen MR) is 128 cm³/mol. The second-order valence-electron chi connectivity index (χ2n) is 7.64. The molecule has 8 nitrogen and oxygen atoms in total. The molecule has 0 atom stereocenters. The molecule has 4 rings (SSSR count). The van der Waals surface area contributed by atoms with E-state index < -0.39 is 11.8 Å². The van der Waals surface area contributed by atoms with Gasteiger partial charge in [-0.15, -0.1) is 0 Å². The van der Waals surface area contributed by atoms with E-state index in [-0.39, 0.29) is 12.5 Å². The largest absolute Gasteiger partial charge is 0.497 e. The Morgan fingerprint density at radius 3 is 2.30 bits per heavy atom. The number of ether oxygens (including phenoxy) is 1. The molecule has 1 aliphatic rings. The summed E-state index contributed by atoms with van der Waals surface area (Å²) in [6.45, 7) is 6.57. The lowest BCUT2D eigenvalue weighted by Crippen LogP contribution is -2.45. The van der Waals surface area contributed by atoms with Gasteiger partial charge in [-0.25, -0.2) is 4.98 Å². The molecule has 0 fully saturated rings. The number of carbonyl (C=O) groups is 3. The van der Waals surface area contributed by atoms with Crippen molar-refractivity contribution < 1.29 is 19.1 Å². The van der Waals surface area contributed by atoms with Gasteiger partial charge in [0.25, 0.3) is 11.8 Å². The number of hydrogen-bond donors (Lipinski definition) is 0. The van der Waals surface area contributed by atoms with Gasteiger partial charge >= 0.3 is 0 Å². The Bertz CT molecular complexity index is 1170. The van der Waals surface area contributed by atoms with Crippen LogP contribution in [0.5, 0.6) is 5.75 Å². The number of methoxy groups -OCH3 is 1. The Kier molecular flexibility index (Phi) is 6.71. The number of thiazole rings is 1. The fourth-order valence-electron chi connectivity index (χ4n) is 3.85. The summed E-state index contributed by atoms with van der Waals surface area (Å²) >= 11 is 1.38. The molecule has 0 saturated carbocycles. The molecule has 0 N–H and O–H groups in total. The Hall–Kier alpha value is -3.30. The third-order valence-electron chi connectivity index (χ3n) is 5.82. The van der Waals surface area contributed by atoms with E-state index in [2.05, 4.69) is 23.7 Å². The molecule has 2 aromatic carbocycles. The van der Waals surface area contributed by atoms with Gasteiger partial charge in [0.15, 0.2) is 5.13 Å². The van der Waals surface area contributed by atoms with Gasteiger partial charge in [-0.2, -0.15) is 0 Å². The van der Waals surface area contributed by atoms with E-state index in [0.29, 0.717) is 35.1 Å². The number of rotatable bonds is 9. The van der Waals surface area contributed by atoms with Crippen molar-refractivity contribution in [2.45, 2.75) is 13.8 Å². The number of benzene rings is 2. The van der Waals surface area contributed by atoms with Crippen LogP contribution in [0.25, 0.3) is 10.2 Å². The third kappa shape index (κ3) is 4.46. The first-order chi connectivity index (χ1) is 16.0. The summed E-state index contributed by atoms with van der Waals surface area (Å²) in [5, 5.41) is 0.534. The van der Waals surface area contributed by atoms with Crippen LogP contribution in [0.2, 0.25) is 0 Å². The number of hydrogen-bond acceptors (Lipinski definition) is 7. The number of imide groups is 1. The van der Waals surface area contributed by atoms with E-state index >= 15 is 0 Å². The highest BCUT2D eigenvalue weighted by Gasteiger charge is 2.37. The molecule has 0 aliphatic carbocycles. The lowest BCUT2D eigenvalue weighted by atomic mass is 10.1. The monoisotopic (exact) mass is 466 g/mol. The summed E-state index contributed by atoms with van der Waals surface area (Å²) in [6, 6.07) is 12.2. The van der Waals surface area contributed by atoms with Crippen LogP contribution in [0, 0.1) is 0 Å². The number of likely N-dealkylation sites (N-methyl/N-ethyl adjacent to an activating group) is 1. The first-order valence-corrected chi connectivity index (χ1v) is 11.7. The Morgan fingerprint density at radius 1 is 1.03 bits per heavy atom. The van der Waals surface area contributed by atoms with Crippen LogP contribution in [-0.4, -0.2) is 72.3 Å². The normalized spacial score (nSPS) is 13.2. The average Bonchev–Trinajstić information content (AvgIpc) is 3.36. The van der Waals surface area contributed by atoms with Crippen LogP contribution in [-0.2, 0) is 4.79 Å². The van der Waals surface area contributed by atoms with Gasteiger partial charge in [0.1, 0.15) is 12.3 Å². The van der Waals surface area contributed by atoms with E-state index in [9.17, 15) is 14.4 Å². The molecule has 9 heteroatoms. The highest BCUT2D eigenvalue weighted by atomic mass is 32.1. The molecular formula is C24H26N4O4S. The summed E-state index contributed by atoms with van der Waals surface area (Å²) in [5.41, 5.74) is 1.42. The van der Waals surface area contributed by atoms with Crippen LogP contribution >= 0.6 is 11.3 Å². The summed E-state index contributed by atoms with van der Waals surface area (Å²) in [7, 11) is 1.60. The van der Waals surface area contributed by atoms with Crippen molar-refractivity contribution in [3.63, 3.8) is 0 Å². The summed E-state index contributed by atoms with van der Waals surface area (Å²) < 4.78 is 6.19. The molecule has 1 aliphatic heterocycles. The van der Waals surface area contributed by atoms with Crippen LogP contribution in [0.3, 0.4) is 0 Å². The average molecular weight is 467 g/mol. The topological polar surface area (TPSA) is 83.0 Å². The summed E-state index contributed by atoms with van der Waals surface area (Å²) in [6.07, 6.45) is 0. The van der Waals surface area contributed by atoms with E-state index in [1.54, 1.807) is 36.3 Å². The standard InChI is InChI=1S/C24H26N4O4S/c1-4-26(5-2)12-13-27(24-25-19-11-10-16(32-3)14-20(19)33-24)21(29)15-28-22(30)17-8-6-7-9-18(17)23(28)31/h6-11,14H,4-5,12-13,15H2,1-3H3. The van der Waals surface area contributed by atoms with Gasteiger partial charge < -0.3 is 9.64 Å². The molecule has 0 bridgehead atoms. The third-order valence-corrected chi connectivity index (χ3v) is 6.86. The SMILES string of the molecule is CCN(CC)CCN(C(=O)CN1C(=O)c2ccccc2C1=O)c1nc2ccc(OC)cc2s1. The summed E-state index contributed by atoms with van der Waals surface area (Å²) in [5.74, 6) is -0.518. The van der Waals surface area contributed by atoms with Crippen molar-refractivity contribution in [1.82, 2.24) is 14.8 Å². The smallest absolute Gasteiger partial charge is 0.262 e. The van der Waals surface area contributed by atoms with E-state index in [4.69, 9.17) is 4.74 Å². The Morgan fingerprint density at radius 2 is 1.70 bits per heavy atom. The maximum absolute atomic E-state index is 13.4. The zero-order valence-corrected chi connectivity index (χ0v) is 19.7. The van der Waals surface area contributed by atoms with Crippen LogP contribution in [0.1, 0.15) is 34.6 Å². The number of aromatic nitrogens is 1. The molecular weight excluding hydrogens is 440 g/mol. The lowest BCUT2D eigenvalue weighted by Gasteiger charge is -2.26. The molecule has 0 saturated heterocycles. The number of anilines is 1. The molecule has 0 radical (unpaired) electrons. The van der Waals surface area contributed by atoms with Gasteiger partial charge in [0, 0.05) is 13.1 Å². The zero-order chi connectivity index (χ0) is 23.5. The molecule has 0 unspecified atom stereocenters. The number of carbonyl (C=O) groups excluding carboxylic acids is 3. The first kappa shape index (κ1) is 22.9. The van der Waals surface area contributed by atoms with Crippen LogP contribution in [0.4, 0.5) is 5.13 Å². The maximum atomic E-state index is 13.4. The van der Waals surface area contributed by atoms with Crippen molar-refractivity contribution in [3.05, 3.63) is 53.6 Å². The fourth-order valence-corrected chi connectivity index (χ4v) is 4.88. The van der Waals surface area contributed by atoms with Crippen LogP contribution < -0.4 is 9.64 Å². The first-order valence-electron chi connectivity index (χ1n) is 10.9. The van der Waals surface area contributed by atoms with Crippen molar-refractivity contribution in [2.75, 3.05) is 44.7 Å². The fraction of sp³-hybridized carbons (Fsp3) is 0.333. The molecule has 1 aromatic heterocycles. The van der Waals surface area contributed by atoms with E-state index in [1.807, 2.05) is 18.2 Å². The van der Waals surface area contributed by atoms with Gasteiger partial charge in [0.2, 0.25) is 5.91 Å². The lowest BCUT2D eigenvalue weighted by molar-refractivity contribution is -0.119. The number of nitrogens with zero attached hydrogens (tertiary/aromatic N) is 4. The van der Waals surface area contributed by atoms with Gasteiger partial charge in [0.05, 0.1) is 28.5 Å². The van der Waals surface area contributed by atoms with Crippen LogP contribution in [0.15, 0.2) is 42.5 Å². The Balaban J connectivity index is 1.61. The Labute approximate surface area is 196 Å². The minimum Gasteiger partial charge on any atom is -0.497 e. The predicted octanol–water partition coefficient (Wildman–Crippen LogP) is 3.28. The number of amides is 3. The highest BCUT2D eigenvalue weighted by Crippen LogP contribution is 2.32. The van der Waals surface area contributed by atoms with Crippen molar-refractivity contribution >= 4 is 44.4 Å². The second kappa shape index (κ2) is 9.68. The minimum absolute atomic E-state index is 0.330. The maximum Gasteiger partial charge on any atom is 0.262 e. The molecule has 2 heterocycles. The molecule has 172 valence electrons. The second-order valence-corrected chi connectivity index (χ2v) is 8.65. The van der Waals surface area contributed by atoms with E-state index in [0.717, 1.165) is 28.2 Å². The minimum atomic E-state index is -0.443. The van der Waals surface area contributed by atoms with Gasteiger partial charge in [-0.05, 0) is 43.4 Å². The molecule has 3 amide bonds. The summed E-state index contributed by atoms with van der Waals surface area (Å²) in [4.78, 5) is 48.4. The molecule has 3 aromatic rings. The van der Waals surface area contributed by atoms with Gasteiger partial charge in [-0.1, -0.05) is 37.3 Å². The van der Waals surface area contributed by atoms with E-state index in [1.165, 1.54) is 11.3 Å². The quantitative estimate of drug-likeness (QED) is 0.450. The van der Waals surface area contributed by atoms with Gasteiger partial charge in [-0.3, -0.25) is 24.2 Å².